The van der Waals surface area contributed by atoms with Crippen molar-refractivity contribution in [3.8, 4) is 34.1 Å². The molecule has 6 rings (SSSR count). The number of nitrogens with zero attached hydrogens (tertiary/aromatic N) is 2. The van der Waals surface area contributed by atoms with Gasteiger partial charge < -0.3 is 28.7 Å². The Morgan fingerprint density at radius 3 is 1.02 bits per heavy atom. The molecule has 0 aliphatic carbocycles. The number of ether oxygens (including phenoxy) is 4. The maximum Gasteiger partial charge on any atom is 0.143 e. The number of rotatable bonds is 11. The van der Waals surface area contributed by atoms with Crippen molar-refractivity contribution in [1.82, 2.24) is 0 Å². The van der Waals surface area contributed by atoms with Crippen molar-refractivity contribution in [2.45, 2.75) is 0 Å². The van der Waals surface area contributed by atoms with Gasteiger partial charge in [-0.15, -0.1) is 0 Å². The highest BCUT2D eigenvalue weighted by Crippen LogP contribution is 2.44. The summed E-state index contributed by atoms with van der Waals surface area (Å²) in [5.74, 6) is 3.01. The number of para-hydroxylation sites is 2. The van der Waals surface area contributed by atoms with Gasteiger partial charge in [-0.05, 0) is 83.9 Å². The van der Waals surface area contributed by atoms with Gasteiger partial charge in [0.1, 0.15) is 23.0 Å². The summed E-state index contributed by atoms with van der Waals surface area (Å²) in [6, 6.07) is 49.3. The zero-order chi connectivity index (χ0) is 31.9. The van der Waals surface area contributed by atoms with Gasteiger partial charge in [0.25, 0.3) is 0 Å². The van der Waals surface area contributed by atoms with Crippen molar-refractivity contribution in [3.05, 3.63) is 146 Å². The predicted molar refractivity (Wildman–Crippen MR) is 187 cm³/mol. The second kappa shape index (κ2) is 13.8. The van der Waals surface area contributed by atoms with E-state index in [0.29, 0.717) is 0 Å². The van der Waals surface area contributed by atoms with Crippen LogP contribution in [0.5, 0.6) is 23.0 Å². The summed E-state index contributed by atoms with van der Waals surface area (Å²) in [5.41, 5.74) is 8.01. The number of hydrogen-bond donors (Lipinski definition) is 0. The molecule has 0 unspecified atom stereocenters. The molecule has 0 spiro atoms. The highest BCUT2D eigenvalue weighted by atomic mass is 16.5. The quantitative estimate of drug-likeness (QED) is 0.146. The van der Waals surface area contributed by atoms with E-state index in [1.54, 1.807) is 28.4 Å². The molecule has 0 fully saturated rings. The van der Waals surface area contributed by atoms with Crippen molar-refractivity contribution >= 4 is 34.1 Å². The second-order valence-electron chi connectivity index (χ2n) is 10.5. The van der Waals surface area contributed by atoms with Gasteiger partial charge >= 0.3 is 0 Å². The lowest BCUT2D eigenvalue weighted by atomic mass is 10.0. The molecular formula is C40H36N2O4. The average molecular weight is 609 g/mol. The maximum absolute atomic E-state index is 5.77. The molecule has 0 saturated heterocycles. The van der Waals surface area contributed by atoms with Crippen LogP contribution in [0.1, 0.15) is 0 Å². The fraction of sp³-hybridized carbons (Fsp3) is 0.100. The number of hydrogen-bond acceptors (Lipinski definition) is 6. The molecule has 6 nitrogen and oxygen atoms in total. The molecular weight excluding hydrogens is 572 g/mol. The summed E-state index contributed by atoms with van der Waals surface area (Å²) < 4.78 is 22.7. The molecule has 0 bridgehead atoms. The Morgan fingerprint density at radius 2 is 0.696 bits per heavy atom. The molecule has 0 aliphatic rings. The van der Waals surface area contributed by atoms with Crippen LogP contribution in [0.2, 0.25) is 0 Å². The van der Waals surface area contributed by atoms with Crippen LogP contribution in [0, 0.1) is 0 Å². The zero-order valence-corrected chi connectivity index (χ0v) is 26.4. The van der Waals surface area contributed by atoms with Crippen LogP contribution in [0.15, 0.2) is 146 Å². The van der Waals surface area contributed by atoms with Crippen LogP contribution in [-0.2, 0) is 0 Å². The molecule has 0 saturated carbocycles. The maximum atomic E-state index is 5.77. The van der Waals surface area contributed by atoms with Crippen LogP contribution in [0.3, 0.4) is 0 Å². The fourth-order valence-corrected chi connectivity index (χ4v) is 5.56. The molecule has 46 heavy (non-hydrogen) atoms. The van der Waals surface area contributed by atoms with Gasteiger partial charge in [0.15, 0.2) is 0 Å². The predicted octanol–water partition coefficient (Wildman–Crippen LogP) is 10.3. The Kier molecular flexibility index (Phi) is 9.07. The summed E-state index contributed by atoms with van der Waals surface area (Å²) in [7, 11) is 6.71. The largest absolute Gasteiger partial charge is 0.497 e. The Hall–Kier alpha value is -5.88. The van der Waals surface area contributed by atoms with Crippen LogP contribution >= 0.6 is 0 Å². The lowest BCUT2D eigenvalue weighted by Gasteiger charge is -2.28. The molecule has 0 aromatic heterocycles. The minimum Gasteiger partial charge on any atom is -0.497 e. The molecule has 230 valence electrons. The van der Waals surface area contributed by atoms with Gasteiger partial charge in [-0.3, -0.25) is 0 Å². The van der Waals surface area contributed by atoms with E-state index in [1.807, 2.05) is 72.8 Å². The number of anilines is 6. The van der Waals surface area contributed by atoms with E-state index in [4.69, 9.17) is 18.9 Å². The summed E-state index contributed by atoms with van der Waals surface area (Å²) >= 11 is 0. The third kappa shape index (κ3) is 6.19. The first-order valence-electron chi connectivity index (χ1n) is 15.0. The van der Waals surface area contributed by atoms with Crippen molar-refractivity contribution < 1.29 is 18.9 Å². The van der Waals surface area contributed by atoms with Crippen LogP contribution in [0.25, 0.3) is 11.1 Å². The zero-order valence-electron chi connectivity index (χ0n) is 26.4. The molecule has 0 heterocycles. The molecule has 0 N–H and O–H groups in total. The van der Waals surface area contributed by atoms with E-state index < -0.39 is 0 Å². The van der Waals surface area contributed by atoms with Crippen molar-refractivity contribution in [2.75, 3.05) is 38.2 Å². The van der Waals surface area contributed by atoms with E-state index in [2.05, 4.69) is 82.6 Å². The smallest absolute Gasteiger partial charge is 0.143 e. The molecule has 0 radical (unpaired) electrons. The van der Waals surface area contributed by atoms with Gasteiger partial charge in [-0.1, -0.05) is 60.7 Å². The highest BCUT2D eigenvalue weighted by Gasteiger charge is 2.20. The van der Waals surface area contributed by atoms with Gasteiger partial charge in [-0.25, -0.2) is 0 Å². The second-order valence-corrected chi connectivity index (χ2v) is 10.5. The molecule has 6 aromatic rings. The van der Waals surface area contributed by atoms with Crippen molar-refractivity contribution in [2.24, 2.45) is 0 Å². The van der Waals surface area contributed by atoms with E-state index in [9.17, 15) is 0 Å². The molecule has 0 amide bonds. The van der Waals surface area contributed by atoms with E-state index in [-0.39, 0.29) is 0 Å². The highest BCUT2D eigenvalue weighted by molar-refractivity contribution is 5.84. The summed E-state index contributed by atoms with van der Waals surface area (Å²) in [5, 5.41) is 0. The number of methoxy groups -OCH3 is 4. The average Bonchev–Trinajstić information content (AvgIpc) is 3.13. The summed E-state index contributed by atoms with van der Waals surface area (Å²) in [4.78, 5) is 4.35. The first-order valence-corrected chi connectivity index (χ1v) is 15.0. The third-order valence-corrected chi connectivity index (χ3v) is 7.87. The Bertz CT molecular complexity index is 1740. The fourth-order valence-electron chi connectivity index (χ4n) is 5.56. The third-order valence-electron chi connectivity index (χ3n) is 7.87. The van der Waals surface area contributed by atoms with Crippen LogP contribution < -0.4 is 28.7 Å². The van der Waals surface area contributed by atoms with Gasteiger partial charge in [0.2, 0.25) is 0 Å². The lowest BCUT2D eigenvalue weighted by molar-refractivity contribution is 0.404. The monoisotopic (exact) mass is 608 g/mol. The van der Waals surface area contributed by atoms with Gasteiger partial charge in [0.05, 0.1) is 39.8 Å². The minimum atomic E-state index is 0.750. The van der Waals surface area contributed by atoms with Crippen LogP contribution in [0.4, 0.5) is 34.1 Å². The van der Waals surface area contributed by atoms with Crippen molar-refractivity contribution in [3.63, 3.8) is 0 Å². The van der Waals surface area contributed by atoms with E-state index in [0.717, 1.165) is 68.2 Å². The first-order chi connectivity index (χ1) is 22.6. The SMILES string of the molecule is COc1ccc(OC)c(N(c2ccccc2)c2ccc(-c3ccc(N(c4ccccc4)c4cc(OC)ccc4OC)cc3)cc2)c1. The standard InChI is InChI=1S/C40H36N2O4/c1-43-35-23-25-39(45-3)37(27-35)41(31-11-7-5-8-12-31)33-19-15-29(16-20-33)30-17-21-34(22-18-30)42(32-13-9-6-10-14-32)38-28-36(44-2)24-26-40(38)46-4/h5-28H,1-4H3. The van der Waals surface area contributed by atoms with Crippen LogP contribution in [-0.4, -0.2) is 28.4 Å². The van der Waals surface area contributed by atoms with Gasteiger partial charge in [0, 0.05) is 34.9 Å². The summed E-state index contributed by atoms with van der Waals surface area (Å²) in [6.07, 6.45) is 0. The number of benzene rings is 6. The van der Waals surface area contributed by atoms with Crippen molar-refractivity contribution in [1.29, 1.82) is 0 Å². The molecule has 6 heteroatoms. The Balaban J connectivity index is 1.36. The summed E-state index contributed by atoms with van der Waals surface area (Å²) in [6.45, 7) is 0. The topological polar surface area (TPSA) is 43.4 Å². The van der Waals surface area contributed by atoms with E-state index >= 15 is 0 Å². The Morgan fingerprint density at radius 1 is 0.348 bits per heavy atom. The molecule has 6 aromatic carbocycles. The minimum absolute atomic E-state index is 0.750. The van der Waals surface area contributed by atoms with Gasteiger partial charge in [-0.2, -0.15) is 0 Å². The molecule has 0 atom stereocenters. The lowest BCUT2D eigenvalue weighted by Crippen LogP contribution is -2.11. The molecule has 0 aliphatic heterocycles. The first kappa shape index (κ1) is 30.2. The Labute approximate surface area is 270 Å². The normalized spacial score (nSPS) is 10.6. The van der Waals surface area contributed by atoms with E-state index in [1.165, 1.54) is 0 Å².